The number of methoxy groups -OCH3 is 1. The van der Waals surface area contributed by atoms with Crippen LogP contribution in [0.15, 0.2) is 48.5 Å². The molecular weight excluding hydrogens is 416 g/mol. The highest BCUT2D eigenvalue weighted by molar-refractivity contribution is 6.30. The number of carbonyl (C=O) groups is 2. The number of amides is 1. The standard InChI is InChI=1S/C24H27ClN2O4/c1-16(17-6-8-18(9-7-17)22(28)30-2)26-23(29)24(11-12-24)27-13-10-21(15-27)31-20-5-3-4-19(25)14-20/h3-9,14,16,21H,10-13,15H2,1-2H3,(H,26,29)/t16?,21-/m1/s1. The van der Waals surface area contributed by atoms with E-state index >= 15 is 0 Å². The summed E-state index contributed by atoms with van der Waals surface area (Å²) in [5, 5.41) is 3.81. The molecule has 7 heteroatoms. The summed E-state index contributed by atoms with van der Waals surface area (Å²) in [6, 6.07) is 14.4. The number of ether oxygens (including phenoxy) is 2. The molecule has 4 rings (SSSR count). The highest BCUT2D eigenvalue weighted by Gasteiger charge is 2.56. The molecule has 1 unspecified atom stereocenters. The lowest BCUT2D eigenvalue weighted by Gasteiger charge is -2.28. The van der Waals surface area contributed by atoms with Crippen LogP contribution in [0, 0.1) is 0 Å². The van der Waals surface area contributed by atoms with Gasteiger partial charge in [0.15, 0.2) is 0 Å². The average molecular weight is 443 g/mol. The van der Waals surface area contributed by atoms with Gasteiger partial charge in [0.25, 0.3) is 0 Å². The summed E-state index contributed by atoms with van der Waals surface area (Å²) in [4.78, 5) is 27.0. The lowest BCUT2D eigenvalue weighted by Crippen LogP contribution is -2.49. The second kappa shape index (κ2) is 8.89. The maximum absolute atomic E-state index is 13.1. The zero-order valence-corrected chi connectivity index (χ0v) is 18.5. The number of hydrogen-bond donors (Lipinski definition) is 1. The van der Waals surface area contributed by atoms with Gasteiger partial charge in [0.2, 0.25) is 5.91 Å². The van der Waals surface area contributed by atoms with Gasteiger partial charge in [-0.15, -0.1) is 0 Å². The molecule has 6 nitrogen and oxygen atoms in total. The van der Waals surface area contributed by atoms with Crippen molar-refractivity contribution in [1.82, 2.24) is 10.2 Å². The van der Waals surface area contributed by atoms with Gasteiger partial charge < -0.3 is 14.8 Å². The summed E-state index contributed by atoms with van der Waals surface area (Å²) in [5.41, 5.74) is 0.999. The predicted molar refractivity (Wildman–Crippen MR) is 118 cm³/mol. The van der Waals surface area contributed by atoms with Crippen molar-refractivity contribution in [3.8, 4) is 5.75 Å². The van der Waals surface area contributed by atoms with E-state index in [0.717, 1.165) is 43.7 Å². The van der Waals surface area contributed by atoms with Crippen LogP contribution in [0.2, 0.25) is 5.02 Å². The van der Waals surface area contributed by atoms with Crippen LogP contribution >= 0.6 is 11.6 Å². The van der Waals surface area contributed by atoms with Gasteiger partial charge in [0.1, 0.15) is 17.4 Å². The first-order chi connectivity index (χ1) is 14.9. The molecule has 1 aliphatic heterocycles. The highest BCUT2D eigenvalue weighted by Crippen LogP contribution is 2.44. The zero-order chi connectivity index (χ0) is 22.0. The highest BCUT2D eigenvalue weighted by atomic mass is 35.5. The molecule has 2 aromatic carbocycles. The van der Waals surface area contributed by atoms with Crippen molar-refractivity contribution in [1.29, 1.82) is 0 Å². The monoisotopic (exact) mass is 442 g/mol. The first-order valence-corrected chi connectivity index (χ1v) is 11.0. The Morgan fingerprint density at radius 2 is 1.94 bits per heavy atom. The molecular formula is C24H27ClN2O4. The molecule has 31 heavy (non-hydrogen) atoms. The Balaban J connectivity index is 1.35. The summed E-state index contributed by atoms with van der Waals surface area (Å²) in [6.45, 7) is 3.51. The van der Waals surface area contributed by atoms with Crippen molar-refractivity contribution in [2.45, 2.75) is 43.9 Å². The van der Waals surface area contributed by atoms with Crippen molar-refractivity contribution in [2.75, 3.05) is 20.2 Å². The summed E-state index contributed by atoms with van der Waals surface area (Å²) in [7, 11) is 1.36. The van der Waals surface area contributed by atoms with E-state index in [1.807, 2.05) is 43.3 Å². The minimum absolute atomic E-state index is 0.0482. The smallest absolute Gasteiger partial charge is 0.337 e. The van der Waals surface area contributed by atoms with Gasteiger partial charge in [0, 0.05) is 18.1 Å². The summed E-state index contributed by atoms with van der Waals surface area (Å²) < 4.78 is 10.8. The minimum atomic E-state index is -0.438. The van der Waals surface area contributed by atoms with Gasteiger partial charge in [-0.2, -0.15) is 0 Å². The van der Waals surface area contributed by atoms with Crippen LogP contribution in [-0.4, -0.2) is 48.6 Å². The van der Waals surface area contributed by atoms with Crippen molar-refractivity contribution in [2.24, 2.45) is 0 Å². The topological polar surface area (TPSA) is 67.9 Å². The number of rotatable bonds is 7. The first kappa shape index (κ1) is 21.7. The number of halogens is 1. The molecule has 2 aliphatic rings. The fourth-order valence-corrected chi connectivity index (χ4v) is 4.37. The molecule has 1 amide bonds. The molecule has 0 aromatic heterocycles. The SMILES string of the molecule is COC(=O)c1ccc(C(C)NC(=O)C2(N3CC[C@@H](Oc4cccc(Cl)c4)C3)CC2)cc1. The third-order valence-electron chi connectivity index (χ3n) is 6.17. The number of nitrogens with zero attached hydrogens (tertiary/aromatic N) is 1. The number of nitrogens with one attached hydrogen (secondary N) is 1. The molecule has 164 valence electrons. The maximum Gasteiger partial charge on any atom is 0.337 e. The normalized spacial score (nSPS) is 20.7. The van der Waals surface area contributed by atoms with Crippen molar-refractivity contribution in [3.63, 3.8) is 0 Å². The number of esters is 1. The van der Waals surface area contributed by atoms with Crippen LogP contribution in [0.4, 0.5) is 0 Å². The number of likely N-dealkylation sites (tertiary alicyclic amines) is 1. The van der Waals surface area contributed by atoms with Gasteiger partial charge in [-0.1, -0.05) is 29.8 Å². The van der Waals surface area contributed by atoms with Crippen LogP contribution in [0.1, 0.15) is 48.1 Å². The second-order valence-electron chi connectivity index (χ2n) is 8.27. The molecule has 1 aliphatic carbocycles. The molecule has 1 saturated carbocycles. The Kier molecular flexibility index (Phi) is 6.21. The molecule has 1 saturated heterocycles. The lowest BCUT2D eigenvalue weighted by atomic mass is 10.1. The largest absolute Gasteiger partial charge is 0.489 e. The van der Waals surface area contributed by atoms with Gasteiger partial charge in [-0.25, -0.2) is 4.79 Å². The van der Waals surface area contributed by atoms with E-state index in [-0.39, 0.29) is 24.0 Å². The Morgan fingerprint density at radius 3 is 2.58 bits per heavy atom. The number of benzene rings is 2. The molecule has 2 fully saturated rings. The van der Waals surface area contributed by atoms with Crippen molar-refractivity contribution < 1.29 is 19.1 Å². The molecule has 2 atom stereocenters. The van der Waals surface area contributed by atoms with E-state index in [1.54, 1.807) is 12.1 Å². The quantitative estimate of drug-likeness (QED) is 0.657. The van der Waals surface area contributed by atoms with Crippen LogP contribution in [0.25, 0.3) is 0 Å². The van der Waals surface area contributed by atoms with Crippen LogP contribution in [-0.2, 0) is 9.53 Å². The van der Waals surface area contributed by atoms with E-state index in [0.29, 0.717) is 10.6 Å². The summed E-state index contributed by atoms with van der Waals surface area (Å²) in [6.07, 6.45) is 2.64. The van der Waals surface area contributed by atoms with E-state index in [2.05, 4.69) is 10.2 Å². The van der Waals surface area contributed by atoms with Crippen molar-refractivity contribution >= 4 is 23.5 Å². The molecule has 0 radical (unpaired) electrons. The van der Waals surface area contributed by atoms with E-state index in [9.17, 15) is 9.59 Å². The third kappa shape index (κ3) is 4.70. The molecule has 0 spiro atoms. The fourth-order valence-electron chi connectivity index (χ4n) is 4.19. The molecule has 1 N–H and O–H groups in total. The Hall–Kier alpha value is -2.57. The van der Waals surface area contributed by atoms with Gasteiger partial charge in [0.05, 0.1) is 18.7 Å². The Labute approximate surface area is 187 Å². The van der Waals surface area contributed by atoms with Gasteiger partial charge in [-0.3, -0.25) is 9.69 Å². The maximum atomic E-state index is 13.1. The van der Waals surface area contributed by atoms with Gasteiger partial charge >= 0.3 is 5.97 Å². The third-order valence-corrected chi connectivity index (χ3v) is 6.41. The van der Waals surface area contributed by atoms with Crippen LogP contribution in [0.5, 0.6) is 5.75 Å². The summed E-state index contributed by atoms with van der Waals surface area (Å²) >= 11 is 6.05. The molecule has 2 aromatic rings. The lowest BCUT2D eigenvalue weighted by molar-refractivity contribution is -0.128. The number of carbonyl (C=O) groups excluding carboxylic acids is 2. The van der Waals surface area contributed by atoms with Crippen LogP contribution in [0.3, 0.4) is 0 Å². The van der Waals surface area contributed by atoms with Gasteiger partial charge in [-0.05, 0) is 62.1 Å². The average Bonchev–Trinajstić information content (AvgIpc) is 3.46. The van der Waals surface area contributed by atoms with E-state index < -0.39 is 5.54 Å². The Morgan fingerprint density at radius 1 is 1.19 bits per heavy atom. The van der Waals surface area contributed by atoms with E-state index in [1.165, 1.54) is 7.11 Å². The predicted octanol–water partition coefficient (Wildman–Crippen LogP) is 3.99. The molecule has 0 bridgehead atoms. The number of hydrogen-bond acceptors (Lipinski definition) is 5. The second-order valence-corrected chi connectivity index (χ2v) is 8.71. The summed E-state index contributed by atoms with van der Waals surface area (Å²) in [5.74, 6) is 0.446. The first-order valence-electron chi connectivity index (χ1n) is 10.6. The van der Waals surface area contributed by atoms with Crippen LogP contribution < -0.4 is 10.1 Å². The van der Waals surface area contributed by atoms with Crippen molar-refractivity contribution in [3.05, 3.63) is 64.7 Å². The molecule has 1 heterocycles. The minimum Gasteiger partial charge on any atom is -0.489 e. The fraction of sp³-hybridized carbons (Fsp3) is 0.417. The Bertz CT molecular complexity index is 958. The zero-order valence-electron chi connectivity index (χ0n) is 17.8. The van der Waals surface area contributed by atoms with E-state index in [4.69, 9.17) is 21.1 Å².